The van der Waals surface area contributed by atoms with E-state index in [1.807, 2.05) is 35.2 Å². The molecule has 1 amide bonds. The molecule has 0 heterocycles. The highest BCUT2D eigenvalue weighted by atomic mass is 16.2. The molecule has 0 aromatic heterocycles. The van der Waals surface area contributed by atoms with E-state index in [2.05, 4.69) is 49.9 Å². The molecule has 0 radical (unpaired) electrons. The molecule has 2 N–H and O–H groups in total. The van der Waals surface area contributed by atoms with Gasteiger partial charge in [0.15, 0.2) is 0 Å². The summed E-state index contributed by atoms with van der Waals surface area (Å²) in [6.07, 6.45) is 0.802. The maximum absolute atomic E-state index is 13.0. The van der Waals surface area contributed by atoms with E-state index in [0.29, 0.717) is 25.7 Å². The van der Waals surface area contributed by atoms with E-state index in [4.69, 9.17) is 5.73 Å². The van der Waals surface area contributed by atoms with E-state index in [1.54, 1.807) is 0 Å². The van der Waals surface area contributed by atoms with Crippen LogP contribution in [0.15, 0.2) is 54.6 Å². The van der Waals surface area contributed by atoms with E-state index in [9.17, 15) is 4.79 Å². The van der Waals surface area contributed by atoms with E-state index in [1.165, 1.54) is 5.56 Å². The van der Waals surface area contributed by atoms with Gasteiger partial charge < -0.3 is 10.6 Å². The van der Waals surface area contributed by atoms with E-state index < -0.39 is 0 Å². The first-order valence-corrected chi connectivity index (χ1v) is 9.91. The van der Waals surface area contributed by atoms with Crippen LogP contribution in [0.1, 0.15) is 48.7 Å². The lowest BCUT2D eigenvalue weighted by Crippen LogP contribution is -2.32. The first-order chi connectivity index (χ1) is 13.0. The normalized spacial score (nSPS) is 11.2. The molecule has 0 saturated carbocycles. The summed E-state index contributed by atoms with van der Waals surface area (Å²) in [5.41, 5.74) is 8.77. The molecule has 2 aromatic carbocycles. The van der Waals surface area contributed by atoms with Crippen molar-refractivity contribution >= 4 is 5.91 Å². The van der Waals surface area contributed by atoms with Crippen molar-refractivity contribution < 1.29 is 4.79 Å². The third-order valence-electron chi connectivity index (χ3n) is 4.86. The molecule has 0 saturated heterocycles. The molecule has 0 fully saturated rings. The summed E-state index contributed by atoms with van der Waals surface area (Å²) in [5.74, 6) is 0.0649. The Morgan fingerprint density at radius 2 is 1.59 bits per heavy atom. The third kappa shape index (κ3) is 6.49. The van der Waals surface area contributed by atoms with Crippen molar-refractivity contribution in [3.8, 4) is 0 Å². The van der Waals surface area contributed by atoms with Gasteiger partial charge in [-0.3, -0.25) is 9.69 Å². The minimum Gasteiger partial charge on any atom is -0.334 e. The average molecular weight is 368 g/mol. The number of carbonyl (C=O) groups excluding carboxylic acids is 1. The molecular formula is C23H33N3O. The molecular weight excluding hydrogens is 334 g/mol. The van der Waals surface area contributed by atoms with Gasteiger partial charge in [-0.25, -0.2) is 0 Å². The summed E-state index contributed by atoms with van der Waals surface area (Å²) in [6, 6.07) is 18.7. The Labute approximate surface area is 164 Å². The van der Waals surface area contributed by atoms with Gasteiger partial charge in [-0.1, -0.05) is 49.4 Å². The lowest BCUT2D eigenvalue weighted by Gasteiger charge is -2.25. The highest BCUT2D eigenvalue weighted by Crippen LogP contribution is 2.14. The Morgan fingerprint density at radius 1 is 0.963 bits per heavy atom. The van der Waals surface area contributed by atoms with Crippen LogP contribution in [0.4, 0.5) is 0 Å². The minimum absolute atomic E-state index is 0.0649. The molecule has 0 aliphatic carbocycles. The van der Waals surface area contributed by atoms with Crippen LogP contribution >= 0.6 is 0 Å². The minimum atomic E-state index is 0.0649. The summed E-state index contributed by atoms with van der Waals surface area (Å²) in [7, 11) is 0. The van der Waals surface area contributed by atoms with Gasteiger partial charge in [-0.05, 0) is 56.6 Å². The Bertz CT molecular complexity index is 683. The molecule has 0 unspecified atom stereocenters. The number of amides is 1. The molecule has 4 nitrogen and oxygen atoms in total. The van der Waals surface area contributed by atoms with Crippen molar-refractivity contribution in [1.29, 1.82) is 0 Å². The maximum Gasteiger partial charge on any atom is 0.254 e. The molecule has 0 aliphatic heterocycles. The third-order valence-corrected chi connectivity index (χ3v) is 4.86. The van der Waals surface area contributed by atoms with E-state index in [-0.39, 0.29) is 5.91 Å². The van der Waals surface area contributed by atoms with Crippen LogP contribution < -0.4 is 5.73 Å². The van der Waals surface area contributed by atoms with Crippen LogP contribution in [0.2, 0.25) is 0 Å². The molecule has 2 aromatic rings. The maximum atomic E-state index is 13.0. The van der Waals surface area contributed by atoms with Crippen LogP contribution in [-0.4, -0.2) is 41.4 Å². The number of hydrogen-bond donors (Lipinski definition) is 1. The summed E-state index contributed by atoms with van der Waals surface area (Å²) in [6.45, 7) is 10.4. The number of rotatable bonds is 10. The first kappa shape index (κ1) is 21.1. The fourth-order valence-corrected chi connectivity index (χ4v) is 3.17. The Hall–Kier alpha value is -2.17. The Balaban J connectivity index is 2.09. The van der Waals surface area contributed by atoms with Gasteiger partial charge in [0.05, 0.1) is 0 Å². The Kier molecular flexibility index (Phi) is 8.49. The standard InChI is InChI=1S/C23H33N3O/c1-4-25(19(2)3)17-21-11-13-22(14-12-21)23(27)26(16-8-15-24)18-20-9-6-5-7-10-20/h5-7,9-14,19H,4,8,15-18,24H2,1-3H3. The van der Waals surface area contributed by atoms with E-state index in [0.717, 1.165) is 30.6 Å². The topological polar surface area (TPSA) is 49.6 Å². The van der Waals surface area contributed by atoms with Crippen molar-refractivity contribution in [2.75, 3.05) is 19.6 Å². The smallest absolute Gasteiger partial charge is 0.254 e. The monoisotopic (exact) mass is 367 g/mol. The molecule has 0 atom stereocenters. The van der Waals surface area contributed by atoms with Crippen LogP contribution in [0.25, 0.3) is 0 Å². The van der Waals surface area contributed by atoms with Gasteiger partial charge >= 0.3 is 0 Å². The summed E-state index contributed by atoms with van der Waals surface area (Å²) >= 11 is 0. The van der Waals surface area contributed by atoms with Crippen molar-refractivity contribution in [1.82, 2.24) is 9.80 Å². The van der Waals surface area contributed by atoms with Gasteiger partial charge in [-0.2, -0.15) is 0 Å². The highest BCUT2D eigenvalue weighted by Gasteiger charge is 2.16. The van der Waals surface area contributed by atoms with Gasteiger partial charge in [0.1, 0.15) is 0 Å². The lowest BCUT2D eigenvalue weighted by atomic mass is 10.1. The first-order valence-electron chi connectivity index (χ1n) is 9.91. The molecule has 2 rings (SSSR count). The van der Waals surface area contributed by atoms with Crippen molar-refractivity contribution in [2.45, 2.75) is 46.3 Å². The summed E-state index contributed by atoms with van der Waals surface area (Å²) in [5, 5.41) is 0. The molecule has 0 bridgehead atoms. The summed E-state index contributed by atoms with van der Waals surface area (Å²) in [4.78, 5) is 17.3. The molecule has 0 aliphatic rings. The zero-order valence-corrected chi connectivity index (χ0v) is 16.9. The average Bonchev–Trinajstić information content (AvgIpc) is 2.69. The SMILES string of the molecule is CCN(Cc1ccc(C(=O)N(CCCN)Cc2ccccc2)cc1)C(C)C. The number of benzene rings is 2. The molecule has 0 spiro atoms. The van der Waals surface area contributed by atoms with E-state index >= 15 is 0 Å². The van der Waals surface area contributed by atoms with Gasteiger partial charge in [0, 0.05) is 31.2 Å². The second-order valence-electron chi connectivity index (χ2n) is 7.21. The van der Waals surface area contributed by atoms with Crippen molar-refractivity contribution in [2.24, 2.45) is 5.73 Å². The van der Waals surface area contributed by atoms with Crippen molar-refractivity contribution in [3.05, 3.63) is 71.3 Å². The number of carbonyl (C=O) groups is 1. The fourth-order valence-electron chi connectivity index (χ4n) is 3.17. The quantitative estimate of drug-likeness (QED) is 0.693. The number of nitrogens with zero attached hydrogens (tertiary/aromatic N) is 2. The van der Waals surface area contributed by atoms with Gasteiger partial charge in [0.25, 0.3) is 5.91 Å². The van der Waals surface area contributed by atoms with Gasteiger partial charge in [0.2, 0.25) is 0 Å². The van der Waals surface area contributed by atoms with Crippen LogP contribution in [0.5, 0.6) is 0 Å². The fraction of sp³-hybridized carbons (Fsp3) is 0.435. The van der Waals surface area contributed by atoms with Gasteiger partial charge in [-0.15, -0.1) is 0 Å². The Morgan fingerprint density at radius 3 is 2.15 bits per heavy atom. The van der Waals surface area contributed by atoms with Crippen LogP contribution in [0.3, 0.4) is 0 Å². The zero-order valence-electron chi connectivity index (χ0n) is 16.9. The number of hydrogen-bond acceptors (Lipinski definition) is 3. The molecule has 27 heavy (non-hydrogen) atoms. The molecule has 146 valence electrons. The van der Waals surface area contributed by atoms with Crippen LogP contribution in [-0.2, 0) is 13.1 Å². The second-order valence-corrected chi connectivity index (χ2v) is 7.21. The summed E-state index contributed by atoms with van der Waals surface area (Å²) < 4.78 is 0. The predicted octanol–water partition coefficient (Wildman–Crippen LogP) is 3.91. The largest absolute Gasteiger partial charge is 0.334 e. The zero-order chi connectivity index (χ0) is 19.6. The lowest BCUT2D eigenvalue weighted by molar-refractivity contribution is 0.0742. The predicted molar refractivity (Wildman–Crippen MR) is 113 cm³/mol. The number of nitrogens with two attached hydrogens (primary N) is 1. The second kappa shape index (κ2) is 10.9. The molecule has 4 heteroatoms. The van der Waals surface area contributed by atoms with Crippen LogP contribution in [0, 0.1) is 0 Å². The van der Waals surface area contributed by atoms with Crippen molar-refractivity contribution in [3.63, 3.8) is 0 Å². The highest BCUT2D eigenvalue weighted by molar-refractivity contribution is 5.94.